The van der Waals surface area contributed by atoms with Crippen LogP contribution in [0.5, 0.6) is 5.75 Å². The summed E-state index contributed by atoms with van der Waals surface area (Å²) in [5, 5.41) is 2.60. The lowest BCUT2D eigenvalue weighted by atomic mass is 10.1. The van der Waals surface area contributed by atoms with Crippen molar-refractivity contribution < 1.29 is 14.3 Å². The Morgan fingerprint density at radius 3 is 2.62 bits per heavy atom. The molecule has 0 radical (unpaired) electrons. The van der Waals surface area contributed by atoms with Crippen LogP contribution >= 0.6 is 23.4 Å². The monoisotopic (exact) mass is 359 g/mol. The Balaban J connectivity index is 1.61. The second-order valence-electron chi connectivity index (χ2n) is 5.15. The Morgan fingerprint density at radius 2 is 1.92 bits per heavy atom. The number of nitrogens with one attached hydrogen (secondary N) is 1. The van der Waals surface area contributed by atoms with Crippen LogP contribution in [0.3, 0.4) is 0 Å². The molecule has 1 N–H and O–H groups in total. The zero-order valence-electron chi connectivity index (χ0n) is 12.6. The predicted molar refractivity (Wildman–Crippen MR) is 96.2 cm³/mol. The number of hydrogen-bond donors (Lipinski definition) is 1. The highest BCUT2D eigenvalue weighted by Crippen LogP contribution is 2.26. The summed E-state index contributed by atoms with van der Waals surface area (Å²) in [5.41, 5.74) is 1.96. The number of ether oxygens (including phenoxy) is 1. The molecule has 2 aromatic carbocycles. The first-order valence-corrected chi connectivity index (χ1v) is 8.52. The van der Waals surface area contributed by atoms with E-state index in [-0.39, 0.29) is 11.1 Å². The first kappa shape index (κ1) is 16.6. The van der Waals surface area contributed by atoms with Gasteiger partial charge in [0, 0.05) is 11.4 Å². The molecule has 0 unspecified atom stereocenters. The van der Waals surface area contributed by atoms with Crippen LogP contribution in [0.25, 0.3) is 6.08 Å². The first-order chi connectivity index (χ1) is 11.6. The van der Waals surface area contributed by atoms with Crippen LogP contribution in [0.2, 0.25) is 5.02 Å². The summed E-state index contributed by atoms with van der Waals surface area (Å²) in [5.74, 6) is 0.354. The van der Waals surface area contributed by atoms with E-state index in [9.17, 15) is 9.59 Å². The summed E-state index contributed by atoms with van der Waals surface area (Å²) in [7, 11) is 0. The van der Waals surface area contributed by atoms with Crippen molar-refractivity contribution in [1.29, 1.82) is 0 Å². The smallest absolute Gasteiger partial charge is 0.290 e. The number of imide groups is 1. The molecule has 4 nitrogen and oxygen atoms in total. The van der Waals surface area contributed by atoms with Gasteiger partial charge in [0.2, 0.25) is 0 Å². The average Bonchev–Trinajstić information content (AvgIpc) is 2.87. The van der Waals surface area contributed by atoms with Crippen molar-refractivity contribution >= 4 is 40.6 Å². The molecule has 0 aromatic heterocycles. The van der Waals surface area contributed by atoms with Gasteiger partial charge in [0.05, 0.1) is 11.5 Å². The van der Waals surface area contributed by atoms with Gasteiger partial charge in [0.25, 0.3) is 11.1 Å². The van der Waals surface area contributed by atoms with Crippen LogP contribution in [0, 0.1) is 0 Å². The molecule has 1 fully saturated rings. The lowest BCUT2D eigenvalue weighted by Crippen LogP contribution is -2.17. The molecule has 0 atom stereocenters. The summed E-state index contributed by atoms with van der Waals surface area (Å²) in [6, 6.07) is 15.1. The van der Waals surface area contributed by atoms with Crippen molar-refractivity contribution in [1.82, 2.24) is 5.32 Å². The molecule has 24 heavy (non-hydrogen) atoms. The number of carbonyl (C=O) groups is 2. The summed E-state index contributed by atoms with van der Waals surface area (Å²) in [6.07, 6.45) is 2.45. The van der Waals surface area contributed by atoms with Gasteiger partial charge in [-0.15, -0.1) is 0 Å². The van der Waals surface area contributed by atoms with Gasteiger partial charge in [-0.2, -0.15) is 0 Å². The summed E-state index contributed by atoms with van der Waals surface area (Å²) >= 11 is 6.76. The van der Waals surface area contributed by atoms with E-state index in [1.807, 2.05) is 48.5 Å². The molecule has 122 valence electrons. The molecule has 0 saturated carbocycles. The minimum absolute atomic E-state index is 0.346. The number of thioether (sulfide) groups is 1. The summed E-state index contributed by atoms with van der Waals surface area (Å²) in [4.78, 5) is 23.1. The van der Waals surface area contributed by atoms with E-state index in [1.54, 1.807) is 6.08 Å². The normalized spacial score (nSPS) is 15.6. The topological polar surface area (TPSA) is 55.4 Å². The zero-order chi connectivity index (χ0) is 16.9. The van der Waals surface area contributed by atoms with Crippen molar-refractivity contribution in [3.8, 4) is 5.75 Å². The molecule has 2 amide bonds. The van der Waals surface area contributed by atoms with Crippen LogP contribution in [-0.2, 0) is 11.2 Å². The fourth-order valence-electron chi connectivity index (χ4n) is 2.20. The Kier molecular flexibility index (Phi) is 5.23. The molecule has 3 rings (SSSR count). The van der Waals surface area contributed by atoms with Gasteiger partial charge in [-0.05, 0) is 53.2 Å². The minimum atomic E-state index is -0.362. The van der Waals surface area contributed by atoms with E-state index in [0.717, 1.165) is 29.3 Å². The first-order valence-electron chi connectivity index (χ1n) is 7.32. The van der Waals surface area contributed by atoms with Crippen LogP contribution in [0.15, 0.2) is 53.4 Å². The predicted octanol–water partition coefficient (Wildman–Crippen LogP) is 4.29. The van der Waals surface area contributed by atoms with Gasteiger partial charge >= 0.3 is 0 Å². The Bertz CT molecular complexity index is 802. The van der Waals surface area contributed by atoms with Crippen LogP contribution in [0.4, 0.5) is 4.79 Å². The molecular formula is C18H14ClNO3S. The van der Waals surface area contributed by atoms with Crippen LogP contribution in [-0.4, -0.2) is 17.8 Å². The highest BCUT2D eigenvalue weighted by Gasteiger charge is 2.24. The average molecular weight is 360 g/mol. The van der Waals surface area contributed by atoms with E-state index in [0.29, 0.717) is 22.3 Å². The van der Waals surface area contributed by atoms with E-state index >= 15 is 0 Å². The van der Waals surface area contributed by atoms with Crippen molar-refractivity contribution in [2.24, 2.45) is 0 Å². The maximum Gasteiger partial charge on any atom is 0.290 e. The Morgan fingerprint density at radius 1 is 1.12 bits per heavy atom. The van der Waals surface area contributed by atoms with Crippen molar-refractivity contribution in [3.63, 3.8) is 0 Å². The number of rotatable bonds is 5. The number of hydrogen-bond acceptors (Lipinski definition) is 4. The third kappa shape index (κ3) is 4.40. The van der Waals surface area contributed by atoms with Crippen molar-refractivity contribution in [2.75, 3.05) is 6.61 Å². The third-order valence-corrected chi connectivity index (χ3v) is 4.43. The maximum absolute atomic E-state index is 11.6. The fraction of sp³-hybridized carbons (Fsp3) is 0.111. The molecule has 1 heterocycles. The lowest BCUT2D eigenvalue weighted by Gasteiger charge is -2.07. The fourth-order valence-corrected chi connectivity index (χ4v) is 3.01. The third-order valence-electron chi connectivity index (χ3n) is 3.37. The van der Waals surface area contributed by atoms with Crippen molar-refractivity contribution in [3.05, 3.63) is 69.6 Å². The molecule has 0 aliphatic carbocycles. The summed E-state index contributed by atoms with van der Waals surface area (Å²) in [6.45, 7) is 0.537. The highest BCUT2D eigenvalue weighted by molar-refractivity contribution is 8.18. The summed E-state index contributed by atoms with van der Waals surface area (Å²) < 4.78 is 5.76. The quantitative estimate of drug-likeness (QED) is 0.809. The number of amides is 2. The number of carbonyl (C=O) groups excluding carboxylic acids is 2. The van der Waals surface area contributed by atoms with Crippen LogP contribution in [0.1, 0.15) is 11.1 Å². The van der Waals surface area contributed by atoms with Gasteiger partial charge < -0.3 is 4.74 Å². The molecule has 1 saturated heterocycles. The van der Waals surface area contributed by atoms with Gasteiger partial charge in [-0.1, -0.05) is 35.9 Å². The maximum atomic E-state index is 11.6. The van der Waals surface area contributed by atoms with E-state index < -0.39 is 0 Å². The minimum Gasteiger partial charge on any atom is -0.493 e. The van der Waals surface area contributed by atoms with Crippen LogP contribution < -0.4 is 10.1 Å². The molecule has 6 heteroatoms. The lowest BCUT2D eigenvalue weighted by molar-refractivity contribution is -0.115. The molecular weight excluding hydrogens is 346 g/mol. The second-order valence-corrected chi connectivity index (χ2v) is 6.60. The Hall–Kier alpha value is -2.24. The number of benzene rings is 2. The van der Waals surface area contributed by atoms with E-state index in [2.05, 4.69) is 5.32 Å². The molecule has 1 aliphatic heterocycles. The van der Waals surface area contributed by atoms with Gasteiger partial charge in [0.1, 0.15) is 5.75 Å². The van der Waals surface area contributed by atoms with E-state index in [1.165, 1.54) is 0 Å². The van der Waals surface area contributed by atoms with E-state index in [4.69, 9.17) is 16.3 Å². The molecule has 0 spiro atoms. The zero-order valence-corrected chi connectivity index (χ0v) is 14.2. The molecule has 1 aliphatic rings. The van der Waals surface area contributed by atoms with Gasteiger partial charge in [-0.25, -0.2) is 0 Å². The second kappa shape index (κ2) is 7.55. The molecule has 0 bridgehead atoms. The van der Waals surface area contributed by atoms with Gasteiger partial charge in [-0.3, -0.25) is 14.9 Å². The number of halogens is 1. The largest absolute Gasteiger partial charge is 0.493 e. The molecule has 2 aromatic rings. The Labute approximate surface area is 148 Å². The SMILES string of the molecule is O=C1NC(=O)C(=Cc2cccc(OCCc3ccc(Cl)cc3)c2)S1. The standard InChI is InChI=1S/C18H14ClNO3S/c19-14-6-4-12(5-7-14)8-9-23-15-3-1-2-13(10-15)11-16-17(21)20-18(22)24-16/h1-7,10-11H,8-9H2,(H,20,21,22). The van der Waals surface area contributed by atoms with Gasteiger partial charge in [0.15, 0.2) is 0 Å². The highest BCUT2D eigenvalue weighted by atomic mass is 35.5. The van der Waals surface area contributed by atoms with Crippen molar-refractivity contribution in [2.45, 2.75) is 6.42 Å².